The molecule has 0 fully saturated rings. The van der Waals surface area contributed by atoms with Gasteiger partial charge in [-0.15, -0.1) is 0 Å². The Hall–Kier alpha value is -4.07. The minimum atomic E-state index is -0.616. The summed E-state index contributed by atoms with van der Waals surface area (Å²) in [5.41, 5.74) is 6.69. The van der Waals surface area contributed by atoms with Gasteiger partial charge in [0.05, 0.1) is 19.1 Å². The van der Waals surface area contributed by atoms with Crippen molar-refractivity contribution in [3.05, 3.63) is 77.7 Å². The molecule has 0 aliphatic carbocycles. The van der Waals surface area contributed by atoms with E-state index < -0.39 is 17.7 Å². The first-order valence-electron chi connectivity index (χ1n) is 8.22. The lowest BCUT2D eigenvalue weighted by Gasteiger charge is -2.11. The second-order valence-corrected chi connectivity index (χ2v) is 5.74. The van der Waals surface area contributed by atoms with E-state index in [1.165, 1.54) is 25.5 Å². The monoisotopic (exact) mass is 379 g/mol. The fourth-order valence-corrected chi connectivity index (χ4v) is 2.46. The summed E-state index contributed by atoms with van der Waals surface area (Å²) < 4.78 is 10.2. The Labute approximate surface area is 160 Å². The molecule has 8 nitrogen and oxygen atoms in total. The molecule has 0 aliphatic rings. The van der Waals surface area contributed by atoms with Crippen LogP contribution in [0.5, 0.6) is 5.75 Å². The Kier molecular flexibility index (Phi) is 5.40. The van der Waals surface area contributed by atoms with Gasteiger partial charge in [-0.25, -0.2) is 0 Å². The minimum Gasteiger partial charge on any atom is -0.495 e. The minimum absolute atomic E-state index is 0.184. The Morgan fingerprint density at radius 3 is 2.25 bits per heavy atom. The van der Waals surface area contributed by atoms with E-state index in [4.69, 9.17) is 14.9 Å². The van der Waals surface area contributed by atoms with Crippen molar-refractivity contribution in [1.82, 2.24) is 0 Å². The SMILES string of the molecule is COc1ccc(C(N)=O)cc1NC(=O)c1ccc(NC(=O)c2ccco2)cc1. The summed E-state index contributed by atoms with van der Waals surface area (Å²) >= 11 is 0. The second-order valence-electron chi connectivity index (χ2n) is 5.74. The second kappa shape index (κ2) is 8.09. The maximum atomic E-state index is 12.5. The van der Waals surface area contributed by atoms with Crippen LogP contribution in [0.1, 0.15) is 31.3 Å². The van der Waals surface area contributed by atoms with Crippen LogP contribution in [0.2, 0.25) is 0 Å². The first kappa shape index (κ1) is 18.7. The molecule has 2 aromatic carbocycles. The molecular formula is C20H17N3O5. The highest BCUT2D eigenvalue weighted by Gasteiger charge is 2.13. The number of nitrogens with one attached hydrogen (secondary N) is 2. The van der Waals surface area contributed by atoms with Crippen LogP contribution in [0.25, 0.3) is 0 Å². The number of anilines is 2. The standard InChI is InChI=1S/C20H17N3O5/c1-27-16-9-6-13(18(21)24)11-15(16)23-19(25)12-4-7-14(8-5-12)22-20(26)17-3-2-10-28-17/h2-11H,1H3,(H2,21,24)(H,22,26)(H,23,25). The molecule has 0 radical (unpaired) electrons. The molecule has 4 N–H and O–H groups in total. The molecule has 3 aromatic rings. The molecular weight excluding hydrogens is 362 g/mol. The number of carbonyl (C=O) groups is 3. The van der Waals surface area contributed by atoms with Gasteiger partial charge in [0.15, 0.2) is 5.76 Å². The molecule has 0 aliphatic heterocycles. The Morgan fingerprint density at radius 1 is 0.929 bits per heavy atom. The lowest BCUT2D eigenvalue weighted by atomic mass is 10.1. The Bertz CT molecular complexity index is 1010. The first-order valence-corrected chi connectivity index (χ1v) is 8.22. The fraction of sp³-hybridized carbons (Fsp3) is 0.0500. The number of nitrogens with two attached hydrogens (primary N) is 1. The Morgan fingerprint density at radius 2 is 1.64 bits per heavy atom. The molecule has 0 saturated carbocycles. The van der Waals surface area contributed by atoms with Gasteiger partial charge >= 0.3 is 0 Å². The van der Waals surface area contributed by atoms with Crippen LogP contribution in [0, 0.1) is 0 Å². The highest BCUT2D eigenvalue weighted by Crippen LogP contribution is 2.26. The predicted octanol–water partition coefficient (Wildman–Crippen LogP) is 2.89. The van der Waals surface area contributed by atoms with E-state index >= 15 is 0 Å². The van der Waals surface area contributed by atoms with E-state index in [1.807, 2.05) is 0 Å². The van der Waals surface area contributed by atoms with Gasteiger partial charge in [0.25, 0.3) is 11.8 Å². The summed E-state index contributed by atoms with van der Waals surface area (Å²) in [6.45, 7) is 0. The van der Waals surface area contributed by atoms with E-state index in [2.05, 4.69) is 10.6 Å². The van der Waals surface area contributed by atoms with Crippen LogP contribution in [0.3, 0.4) is 0 Å². The summed E-state index contributed by atoms with van der Waals surface area (Å²) in [6.07, 6.45) is 1.41. The molecule has 0 bridgehead atoms. The number of methoxy groups -OCH3 is 1. The molecule has 1 heterocycles. The lowest BCUT2D eigenvalue weighted by molar-refractivity contribution is 0.0990. The third kappa shape index (κ3) is 4.18. The van der Waals surface area contributed by atoms with Gasteiger partial charge in [0.2, 0.25) is 5.91 Å². The number of primary amides is 1. The van der Waals surface area contributed by atoms with Crippen molar-refractivity contribution in [2.24, 2.45) is 5.73 Å². The molecule has 142 valence electrons. The van der Waals surface area contributed by atoms with Gasteiger partial charge in [-0.3, -0.25) is 14.4 Å². The maximum Gasteiger partial charge on any atom is 0.291 e. The number of benzene rings is 2. The third-order valence-electron chi connectivity index (χ3n) is 3.88. The van der Waals surface area contributed by atoms with Crippen LogP contribution < -0.4 is 21.1 Å². The van der Waals surface area contributed by atoms with Gasteiger partial charge in [0, 0.05) is 16.8 Å². The van der Waals surface area contributed by atoms with Gasteiger partial charge in [-0.05, 0) is 54.6 Å². The summed E-state index contributed by atoms with van der Waals surface area (Å²) in [5.74, 6) is -0.849. The molecule has 0 spiro atoms. The zero-order valence-corrected chi connectivity index (χ0v) is 14.9. The fourth-order valence-electron chi connectivity index (χ4n) is 2.46. The number of carbonyl (C=O) groups excluding carboxylic acids is 3. The molecule has 3 amide bonds. The highest BCUT2D eigenvalue weighted by atomic mass is 16.5. The summed E-state index contributed by atoms with van der Waals surface area (Å²) in [6, 6.07) is 13.9. The van der Waals surface area contributed by atoms with E-state index in [0.717, 1.165) is 0 Å². The first-order chi connectivity index (χ1) is 13.5. The van der Waals surface area contributed by atoms with Crippen molar-refractivity contribution in [1.29, 1.82) is 0 Å². The number of hydrogen-bond donors (Lipinski definition) is 3. The van der Waals surface area contributed by atoms with Gasteiger partial charge < -0.3 is 25.5 Å². The predicted molar refractivity (Wildman–Crippen MR) is 103 cm³/mol. The number of hydrogen-bond acceptors (Lipinski definition) is 5. The van der Waals surface area contributed by atoms with Crippen LogP contribution in [0.4, 0.5) is 11.4 Å². The Balaban J connectivity index is 1.72. The molecule has 0 unspecified atom stereocenters. The van der Waals surface area contributed by atoms with E-state index in [0.29, 0.717) is 22.7 Å². The topological polar surface area (TPSA) is 124 Å². The van der Waals surface area contributed by atoms with Gasteiger partial charge in [0.1, 0.15) is 5.75 Å². The highest BCUT2D eigenvalue weighted by molar-refractivity contribution is 6.07. The van der Waals surface area contributed by atoms with E-state index in [1.54, 1.807) is 42.5 Å². The zero-order valence-electron chi connectivity index (χ0n) is 14.9. The molecule has 0 saturated heterocycles. The zero-order chi connectivity index (χ0) is 20.1. The summed E-state index contributed by atoms with van der Waals surface area (Å²) in [4.78, 5) is 35.8. The van der Waals surface area contributed by atoms with Crippen molar-refractivity contribution in [2.75, 3.05) is 17.7 Å². The molecule has 8 heteroatoms. The van der Waals surface area contributed by atoms with Crippen molar-refractivity contribution in [2.45, 2.75) is 0 Å². The lowest BCUT2D eigenvalue weighted by Crippen LogP contribution is -2.15. The van der Waals surface area contributed by atoms with Gasteiger partial charge in [-0.2, -0.15) is 0 Å². The molecule has 3 rings (SSSR count). The number of ether oxygens (including phenoxy) is 1. The van der Waals surface area contributed by atoms with Crippen molar-refractivity contribution < 1.29 is 23.5 Å². The summed E-state index contributed by atoms with van der Waals surface area (Å²) in [7, 11) is 1.45. The molecule has 1 aromatic heterocycles. The molecule has 0 atom stereocenters. The smallest absolute Gasteiger partial charge is 0.291 e. The quantitative estimate of drug-likeness (QED) is 0.607. The average Bonchev–Trinajstić information content (AvgIpc) is 3.23. The number of rotatable bonds is 6. The molecule has 28 heavy (non-hydrogen) atoms. The maximum absolute atomic E-state index is 12.5. The number of amides is 3. The largest absolute Gasteiger partial charge is 0.495 e. The van der Waals surface area contributed by atoms with Crippen LogP contribution in [-0.2, 0) is 0 Å². The van der Waals surface area contributed by atoms with Crippen molar-refractivity contribution >= 4 is 29.1 Å². The van der Waals surface area contributed by atoms with E-state index in [9.17, 15) is 14.4 Å². The normalized spacial score (nSPS) is 10.2. The number of furan rings is 1. The summed E-state index contributed by atoms with van der Waals surface area (Å²) in [5, 5.41) is 5.34. The van der Waals surface area contributed by atoms with Crippen molar-refractivity contribution in [3.8, 4) is 5.75 Å². The third-order valence-corrected chi connectivity index (χ3v) is 3.88. The van der Waals surface area contributed by atoms with Gasteiger partial charge in [-0.1, -0.05) is 0 Å². The average molecular weight is 379 g/mol. The van der Waals surface area contributed by atoms with E-state index in [-0.39, 0.29) is 11.3 Å². The van der Waals surface area contributed by atoms with Crippen LogP contribution in [0.15, 0.2) is 65.3 Å². The van der Waals surface area contributed by atoms with Crippen molar-refractivity contribution in [3.63, 3.8) is 0 Å². The van der Waals surface area contributed by atoms with Crippen LogP contribution in [-0.4, -0.2) is 24.8 Å². The van der Waals surface area contributed by atoms with Crippen LogP contribution >= 0.6 is 0 Å².